The quantitative estimate of drug-likeness (QED) is 0.704. The van der Waals surface area contributed by atoms with Crippen molar-refractivity contribution < 1.29 is 4.79 Å². The summed E-state index contributed by atoms with van der Waals surface area (Å²) in [6.45, 7) is 1.97. The molecule has 1 fully saturated rings. The Balaban J connectivity index is 1.46. The van der Waals surface area contributed by atoms with Gasteiger partial charge in [0.1, 0.15) is 6.07 Å². The molecule has 1 aliphatic heterocycles. The van der Waals surface area contributed by atoms with E-state index in [1.807, 2.05) is 42.5 Å². The number of anilines is 1. The lowest BCUT2D eigenvalue weighted by Gasteiger charge is -2.34. The van der Waals surface area contributed by atoms with Gasteiger partial charge in [0, 0.05) is 42.2 Å². The number of halogens is 1. The van der Waals surface area contributed by atoms with Gasteiger partial charge >= 0.3 is 0 Å². The predicted molar refractivity (Wildman–Crippen MR) is 115 cm³/mol. The summed E-state index contributed by atoms with van der Waals surface area (Å²) >= 11 is 6.19. The van der Waals surface area contributed by atoms with Crippen molar-refractivity contribution in [2.75, 3.05) is 18.0 Å². The molecule has 146 valence electrons. The van der Waals surface area contributed by atoms with Crippen molar-refractivity contribution in [3.05, 3.63) is 70.9 Å². The number of piperidine rings is 1. The maximum Gasteiger partial charge on any atom is 0.223 e. The standard InChI is InChI=1S/C23H21ClN4O/c24-19-6-7-21-20(12-19)22(18(13-25)15-26-21)28-10-8-17(9-11-28)23(29)27-14-16-4-2-1-3-5-16/h1-7,12,15,17H,8-11,14H2,(H,27,29). The number of amides is 1. The molecule has 0 radical (unpaired) electrons. The first-order valence-electron chi connectivity index (χ1n) is 9.70. The van der Waals surface area contributed by atoms with Crippen LogP contribution >= 0.6 is 11.6 Å². The molecule has 2 heterocycles. The van der Waals surface area contributed by atoms with Gasteiger partial charge in [0.05, 0.1) is 16.8 Å². The van der Waals surface area contributed by atoms with Gasteiger partial charge in [-0.1, -0.05) is 41.9 Å². The second kappa shape index (κ2) is 8.50. The van der Waals surface area contributed by atoms with Crippen molar-refractivity contribution >= 4 is 34.1 Å². The monoisotopic (exact) mass is 404 g/mol. The highest BCUT2D eigenvalue weighted by Gasteiger charge is 2.27. The first kappa shape index (κ1) is 19.2. The SMILES string of the molecule is N#Cc1cnc2ccc(Cl)cc2c1N1CCC(C(=O)NCc2ccccc2)CC1. The van der Waals surface area contributed by atoms with Crippen LogP contribution in [-0.2, 0) is 11.3 Å². The van der Waals surface area contributed by atoms with E-state index in [1.165, 1.54) is 0 Å². The van der Waals surface area contributed by atoms with Crippen molar-refractivity contribution in [3.8, 4) is 6.07 Å². The van der Waals surface area contributed by atoms with Crippen LogP contribution in [0.5, 0.6) is 0 Å². The minimum Gasteiger partial charge on any atom is -0.370 e. The third-order valence-electron chi connectivity index (χ3n) is 5.41. The Bertz CT molecular complexity index is 1070. The number of pyridine rings is 1. The van der Waals surface area contributed by atoms with E-state index in [1.54, 1.807) is 12.3 Å². The molecule has 0 atom stereocenters. The molecule has 3 aromatic rings. The zero-order chi connectivity index (χ0) is 20.2. The van der Waals surface area contributed by atoms with Gasteiger partial charge in [0.2, 0.25) is 5.91 Å². The molecule has 1 N–H and O–H groups in total. The molecule has 6 heteroatoms. The van der Waals surface area contributed by atoms with Crippen LogP contribution in [-0.4, -0.2) is 24.0 Å². The van der Waals surface area contributed by atoms with E-state index in [0.717, 1.165) is 35.0 Å². The van der Waals surface area contributed by atoms with Crippen molar-refractivity contribution in [3.63, 3.8) is 0 Å². The van der Waals surface area contributed by atoms with E-state index in [9.17, 15) is 10.1 Å². The second-order valence-corrected chi connectivity index (χ2v) is 7.69. The Hall–Kier alpha value is -3.10. The molecule has 29 heavy (non-hydrogen) atoms. The number of nitriles is 1. The van der Waals surface area contributed by atoms with Gasteiger partial charge in [-0.2, -0.15) is 5.26 Å². The summed E-state index contributed by atoms with van der Waals surface area (Å²) in [5.74, 6) is 0.0776. The average Bonchev–Trinajstić information content (AvgIpc) is 2.77. The van der Waals surface area contributed by atoms with Crippen LogP contribution in [0.15, 0.2) is 54.7 Å². The molecule has 1 saturated heterocycles. The number of carbonyl (C=O) groups is 1. The summed E-state index contributed by atoms with van der Waals surface area (Å²) in [6.07, 6.45) is 3.11. The van der Waals surface area contributed by atoms with Gasteiger partial charge < -0.3 is 10.2 Å². The largest absolute Gasteiger partial charge is 0.370 e. The maximum absolute atomic E-state index is 12.6. The minimum atomic E-state index is -0.0165. The topological polar surface area (TPSA) is 69.0 Å². The van der Waals surface area contributed by atoms with Gasteiger partial charge in [-0.3, -0.25) is 9.78 Å². The van der Waals surface area contributed by atoms with E-state index in [0.29, 0.717) is 30.2 Å². The Labute approximate surface area is 174 Å². The minimum absolute atomic E-state index is 0.0165. The highest BCUT2D eigenvalue weighted by molar-refractivity contribution is 6.31. The summed E-state index contributed by atoms with van der Waals surface area (Å²) < 4.78 is 0. The fourth-order valence-corrected chi connectivity index (χ4v) is 4.04. The van der Waals surface area contributed by atoms with Crippen LogP contribution in [0.1, 0.15) is 24.0 Å². The molecule has 2 aromatic carbocycles. The summed E-state index contributed by atoms with van der Waals surface area (Å²) in [4.78, 5) is 19.1. The first-order chi connectivity index (χ1) is 14.2. The third kappa shape index (κ3) is 4.18. The third-order valence-corrected chi connectivity index (χ3v) is 5.65. The Morgan fingerprint density at radius 2 is 1.97 bits per heavy atom. The molecule has 1 amide bonds. The number of rotatable bonds is 4. The number of hydrogen-bond donors (Lipinski definition) is 1. The zero-order valence-electron chi connectivity index (χ0n) is 15.9. The normalized spacial score (nSPS) is 14.6. The fourth-order valence-electron chi connectivity index (χ4n) is 3.87. The van der Waals surface area contributed by atoms with E-state index < -0.39 is 0 Å². The van der Waals surface area contributed by atoms with Crippen molar-refractivity contribution in [1.82, 2.24) is 10.3 Å². The molecule has 1 aromatic heterocycles. The van der Waals surface area contributed by atoms with Crippen LogP contribution in [0.3, 0.4) is 0 Å². The van der Waals surface area contributed by atoms with Gasteiger partial charge in [0.25, 0.3) is 0 Å². The Morgan fingerprint density at radius 1 is 1.21 bits per heavy atom. The maximum atomic E-state index is 12.6. The summed E-state index contributed by atoms with van der Waals surface area (Å²) in [5, 5.41) is 14.1. The number of nitrogens with one attached hydrogen (secondary N) is 1. The Morgan fingerprint density at radius 3 is 2.69 bits per heavy atom. The van der Waals surface area contributed by atoms with Crippen molar-refractivity contribution in [2.24, 2.45) is 5.92 Å². The van der Waals surface area contributed by atoms with Crippen LogP contribution < -0.4 is 10.2 Å². The summed E-state index contributed by atoms with van der Waals surface area (Å²) in [7, 11) is 0. The molecule has 4 rings (SSSR count). The number of hydrogen-bond acceptors (Lipinski definition) is 4. The van der Waals surface area contributed by atoms with Gasteiger partial charge in [-0.05, 0) is 36.6 Å². The number of benzene rings is 2. The van der Waals surface area contributed by atoms with E-state index >= 15 is 0 Å². The molecular formula is C23H21ClN4O. The highest BCUT2D eigenvalue weighted by Crippen LogP contribution is 2.33. The zero-order valence-corrected chi connectivity index (χ0v) is 16.7. The van der Waals surface area contributed by atoms with Gasteiger partial charge in [-0.15, -0.1) is 0 Å². The van der Waals surface area contributed by atoms with Crippen LogP contribution in [0.2, 0.25) is 5.02 Å². The van der Waals surface area contributed by atoms with Crippen LogP contribution in [0.25, 0.3) is 10.9 Å². The molecule has 0 aliphatic carbocycles. The number of fused-ring (bicyclic) bond motifs is 1. The smallest absolute Gasteiger partial charge is 0.223 e. The van der Waals surface area contributed by atoms with E-state index in [-0.39, 0.29) is 11.8 Å². The molecule has 5 nitrogen and oxygen atoms in total. The molecule has 0 saturated carbocycles. The predicted octanol–water partition coefficient (Wildman–Crippen LogP) is 4.29. The lowest BCUT2D eigenvalue weighted by Crippen LogP contribution is -2.40. The van der Waals surface area contributed by atoms with Crippen LogP contribution in [0, 0.1) is 17.2 Å². The molecular weight excluding hydrogens is 384 g/mol. The summed E-state index contributed by atoms with van der Waals surface area (Å²) in [5.41, 5.74) is 3.30. The van der Waals surface area contributed by atoms with Gasteiger partial charge in [-0.25, -0.2) is 0 Å². The second-order valence-electron chi connectivity index (χ2n) is 7.26. The Kier molecular flexibility index (Phi) is 5.64. The number of nitrogens with zero attached hydrogens (tertiary/aromatic N) is 3. The lowest BCUT2D eigenvalue weighted by atomic mass is 9.94. The lowest BCUT2D eigenvalue weighted by molar-refractivity contribution is -0.125. The fraction of sp³-hybridized carbons (Fsp3) is 0.261. The average molecular weight is 405 g/mol. The molecule has 1 aliphatic rings. The molecule has 0 bridgehead atoms. The summed E-state index contributed by atoms with van der Waals surface area (Å²) in [6, 6.07) is 17.7. The highest BCUT2D eigenvalue weighted by atomic mass is 35.5. The van der Waals surface area contributed by atoms with E-state index in [2.05, 4.69) is 21.3 Å². The van der Waals surface area contributed by atoms with Crippen molar-refractivity contribution in [2.45, 2.75) is 19.4 Å². The van der Waals surface area contributed by atoms with Crippen LogP contribution in [0.4, 0.5) is 5.69 Å². The first-order valence-corrected chi connectivity index (χ1v) is 10.1. The molecule has 0 spiro atoms. The number of carbonyl (C=O) groups excluding carboxylic acids is 1. The van der Waals surface area contributed by atoms with Gasteiger partial charge in [0.15, 0.2) is 0 Å². The van der Waals surface area contributed by atoms with Crippen molar-refractivity contribution in [1.29, 1.82) is 5.26 Å². The number of aromatic nitrogens is 1. The molecule has 0 unspecified atom stereocenters. The van der Waals surface area contributed by atoms with E-state index in [4.69, 9.17) is 11.6 Å².